The molecular formula is C30H29ClN4O2S. The van der Waals surface area contributed by atoms with Crippen LogP contribution in [0.4, 0.5) is 5.69 Å². The molecule has 0 saturated carbocycles. The van der Waals surface area contributed by atoms with E-state index in [-0.39, 0.29) is 24.4 Å². The number of carbonyl (C=O) groups is 1. The summed E-state index contributed by atoms with van der Waals surface area (Å²) in [6, 6.07) is 22.8. The first-order valence-electron chi connectivity index (χ1n) is 12.7. The number of halogens is 1. The number of hydrogen-bond acceptors (Lipinski definition) is 4. The quantitative estimate of drug-likeness (QED) is 0.236. The van der Waals surface area contributed by atoms with Crippen molar-refractivity contribution >= 4 is 40.5 Å². The summed E-state index contributed by atoms with van der Waals surface area (Å²) in [4.78, 5) is 19.5. The van der Waals surface area contributed by atoms with Crippen molar-refractivity contribution in [3.63, 3.8) is 0 Å². The normalized spacial score (nSPS) is 16.9. The number of anilines is 1. The number of furan rings is 1. The molecule has 0 bridgehead atoms. The van der Waals surface area contributed by atoms with Gasteiger partial charge in [-0.3, -0.25) is 9.78 Å². The summed E-state index contributed by atoms with van der Waals surface area (Å²) in [5, 5.41) is 7.68. The molecule has 0 spiro atoms. The first kappa shape index (κ1) is 25.9. The minimum absolute atomic E-state index is 0.0663. The molecule has 2 atom stereocenters. The lowest BCUT2D eigenvalue weighted by atomic mass is 10.0. The van der Waals surface area contributed by atoms with Crippen LogP contribution in [-0.2, 0) is 11.2 Å². The van der Waals surface area contributed by atoms with Crippen molar-refractivity contribution in [2.24, 2.45) is 0 Å². The summed E-state index contributed by atoms with van der Waals surface area (Å²) in [5.74, 6) is 1.40. The number of carbonyl (C=O) groups excluding carboxylic acids is 1. The summed E-state index contributed by atoms with van der Waals surface area (Å²) in [7, 11) is 0. The second-order valence-electron chi connectivity index (χ2n) is 9.29. The van der Waals surface area contributed by atoms with E-state index < -0.39 is 0 Å². The average molecular weight is 545 g/mol. The van der Waals surface area contributed by atoms with Crippen LogP contribution in [0.1, 0.15) is 48.0 Å². The highest BCUT2D eigenvalue weighted by molar-refractivity contribution is 7.80. The topological polar surface area (TPSA) is 70.4 Å². The molecule has 1 fully saturated rings. The van der Waals surface area contributed by atoms with Crippen LogP contribution in [0, 0.1) is 6.92 Å². The number of para-hydroxylation sites is 1. The van der Waals surface area contributed by atoms with Gasteiger partial charge in [0, 0.05) is 35.4 Å². The fraction of sp³-hybridized carbons (Fsp3) is 0.233. The molecule has 6 nitrogen and oxygen atoms in total. The first-order chi connectivity index (χ1) is 18.4. The van der Waals surface area contributed by atoms with Gasteiger partial charge in [0.1, 0.15) is 17.6 Å². The summed E-state index contributed by atoms with van der Waals surface area (Å²) in [6.07, 6.45) is 2.88. The van der Waals surface area contributed by atoms with Crippen molar-refractivity contribution in [3.8, 4) is 11.3 Å². The molecule has 5 rings (SSSR count). The first-order valence-corrected chi connectivity index (χ1v) is 13.4. The number of nitrogens with one attached hydrogen (secondary N) is 2. The lowest BCUT2D eigenvalue weighted by Gasteiger charge is -2.26. The number of rotatable bonds is 8. The fourth-order valence-electron chi connectivity index (χ4n) is 4.86. The van der Waals surface area contributed by atoms with Crippen molar-refractivity contribution in [1.29, 1.82) is 0 Å². The number of benzene rings is 2. The van der Waals surface area contributed by atoms with Crippen molar-refractivity contribution in [2.45, 2.75) is 38.8 Å². The van der Waals surface area contributed by atoms with E-state index in [1.54, 1.807) is 6.20 Å². The van der Waals surface area contributed by atoms with Crippen LogP contribution in [0.15, 0.2) is 83.4 Å². The zero-order valence-electron chi connectivity index (χ0n) is 21.3. The Morgan fingerprint density at radius 2 is 1.95 bits per heavy atom. The Morgan fingerprint density at radius 1 is 1.13 bits per heavy atom. The van der Waals surface area contributed by atoms with Gasteiger partial charge in [0.25, 0.3) is 0 Å². The molecule has 38 heavy (non-hydrogen) atoms. The van der Waals surface area contributed by atoms with Crippen LogP contribution in [0.5, 0.6) is 0 Å². The van der Waals surface area contributed by atoms with Crippen molar-refractivity contribution in [3.05, 3.63) is 107 Å². The van der Waals surface area contributed by atoms with E-state index in [9.17, 15) is 4.79 Å². The summed E-state index contributed by atoms with van der Waals surface area (Å²) in [5.41, 5.74) is 4.80. The van der Waals surface area contributed by atoms with Gasteiger partial charge < -0.3 is 20.0 Å². The fourth-order valence-corrected chi connectivity index (χ4v) is 5.36. The molecule has 0 aliphatic carbocycles. The molecule has 0 radical (unpaired) electrons. The van der Waals surface area contributed by atoms with Crippen molar-refractivity contribution in [1.82, 2.24) is 15.2 Å². The van der Waals surface area contributed by atoms with Crippen LogP contribution in [0.3, 0.4) is 0 Å². The summed E-state index contributed by atoms with van der Waals surface area (Å²) >= 11 is 12.0. The SMILES string of the molecule is CCc1ccccc1NC(=O)CCN1C(=S)N[C@H](c2ccccn2)[C@@H]1c1ccc(-c2cc(Cl)ccc2C)o1. The Balaban J connectivity index is 1.41. The standard InChI is InChI=1S/C30H29ClN4O2S/c1-3-20-8-4-5-9-23(20)33-27(36)15-17-35-29(28(34-30(35)38)24-10-6-7-16-32-24)26-14-13-25(37-26)22-18-21(31)12-11-19(22)2/h4-14,16,18,28-29H,3,15,17H2,1-2H3,(H,33,36)(H,34,38)/t28-,29+/m1/s1. The maximum Gasteiger partial charge on any atom is 0.226 e. The van der Waals surface area contributed by atoms with E-state index in [0.29, 0.717) is 16.7 Å². The Morgan fingerprint density at radius 3 is 2.74 bits per heavy atom. The molecule has 3 heterocycles. The van der Waals surface area contributed by atoms with Gasteiger partial charge in [-0.1, -0.05) is 48.9 Å². The lowest BCUT2D eigenvalue weighted by molar-refractivity contribution is -0.116. The highest BCUT2D eigenvalue weighted by Gasteiger charge is 2.41. The second kappa shape index (κ2) is 11.4. The molecule has 1 saturated heterocycles. The lowest BCUT2D eigenvalue weighted by Crippen LogP contribution is -2.32. The van der Waals surface area contributed by atoms with Gasteiger partial charge in [-0.15, -0.1) is 0 Å². The molecule has 2 aromatic heterocycles. The molecule has 2 aromatic carbocycles. The molecule has 194 valence electrons. The Labute approximate surface area is 233 Å². The number of thiocarbonyl (C=S) groups is 1. The van der Waals surface area contributed by atoms with E-state index in [0.717, 1.165) is 46.0 Å². The van der Waals surface area contributed by atoms with Gasteiger partial charge in [0.15, 0.2) is 5.11 Å². The van der Waals surface area contributed by atoms with E-state index in [1.165, 1.54) is 0 Å². The monoisotopic (exact) mass is 544 g/mol. The van der Waals surface area contributed by atoms with Crippen molar-refractivity contribution < 1.29 is 9.21 Å². The molecule has 2 N–H and O–H groups in total. The number of aromatic nitrogens is 1. The van der Waals surface area contributed by atoms with Gasteiger partial charge in [0.2, 0.25) is 5.91 Å². The third-order valence-corrected chi connectivity index (χ3v) is 7.42. The second-order valence-corrected chi connectivity index (χ2v) is 10.1. The molecule has 1 amide bonds. The Hall–Kier alpha value is -3.68. The summed E-state index contributed by atoms with van der Waals surface area (Å²) in [6.45, 7) is 4.52. The minimum Gasteiger partial charge on any atom is -0.459 e. The maximum absolute atomic E-state index is 12.9. The Bertz CT molecular complexity index is 1460. The van der Waals surface area contributed by atoms with Gasteiger partial charge in [0.05, 0.1) is 11.7 Å². The van der Waals surface area contributed by atoms with E-state index in [4.69, 9.17) is 28.2 Å². The maximum atomic E-state index is 12.9. The van der Waals surface area contributed by atoms with Crippen LogP contribution in [0.25, 0.3) is 11.3 Å². The minimum atomic E-state index is -0.277. The smallest absolute Gasteiger partial charge is 0.226 e. The zero-order chi connectivity index (χ0) is 26.6. The van der Waals surface area contributed by atoms with Crippen LogP contribution in [-0.4, -0.2) is 27.4 Å². The highest BCUT2D eigenvalue weighted by atomic mass is 35.5. The predicted octanol–water partition coefficient (Wildman–Crippen LogP) is 6.87. The molecule has 1 aliphatic heterocycles. The van der Waals surface area contributed by atoms with E-state index >= 15 is 0 Å². The molecule has 1 aliphatic rings. The molecule has 8 heteroatoms. The van der Waals surface area contributed by atoms with Crippen LogP contribution >= 0.6 is 23.8 Å². The van der Waals surface area contributed by atoms with E-state index in [1.807, 2.05) is 84.6 Å². The number of hydrogen-bond donors (Lipinski definition) is 2. The van der Waals surface area contributed by atoms with E-state index in [2.05, 4.69) is 22.5 Å². The Kier molecular flexibility index (Phi) is 7.77. The number of pyridine rings is 1. The molecule has 0 unspecified atom stereocenters. The third kappa shape index (κ3) is 5.44. The van der Waals surface area contributed by atoms with Gasteiger partial charge in [-0.05, 0) is 79.2 Å². The van der Waals surface area contributed by atoms with Crippen LogP contribution in [0.2, 0.25) is 5.02 Å². The van der Waals surface area contributed by atoms with Gasteiger partial charge in [-0.2, -0.15) is 0 Å². The predicted molar refractivity (Wildman–Crippen MR) is 155 cm³/mol. The number of aryl methyl sites for hydroxylation is 2. The highest BCUT2D eigenvalue weighted by Crippen LogP contribution is 2.41. The third-order valence-electron chi connectivity index (χ3n) is 6.83. The van der Waals surface area contributed by atoms with Gasteiger partial charge >= 0.3 is 0 Å². The van der Waals surface area contributed by atoms with Crippen LogP contribution < -0.4 is 10.6 Å². The molecular weight excluding hydrogens is 516 g/mol. The van der Waals surface area contributed by atoms with Gasteiger partial charge in [-0.25, -0.2) is 0 Å². The average Bonchev–Trinajstić information content (AvgIpc) is 3.54. The number of amides is 1. The summed E-state index contributed by atoms with van der Waals surface area (Å²) < 4.78 is 6.42. The largest absolute Gasteiger partial charge is 0.459 e. The molecule has 4 aromatic rings. The zero-order valence-corrected chi connectivity index (χ0v) is 22.9. The number of nitrogens with zero attached hydrogens (tertiary/aromatic N) is 2. The van der Waals surface area contributed by atoms with Crippen molar-refractivity contribution in [2.75, 3.05) is 11.9 Å².